The Morgan fingerprint density at radius 2 is 1.73 bits per heavy atom. The van der Waals surface area contributed by atoms with E-state index in [-0.39, 0.29) is 29.3 Å². The number of aromatic nitrogens is 4. The second kappa shape index (κ2) is 13.0. The number of hydrogen-bond acceptors (Lipinski definition) is 8. The predicted molar refractivity (Wildman–Crippen MR) is 160 cm³/mol. The van der Waals surface area contributed by atoms with Crippen molar-refractivity contribution >= 4 is 36.6 Å². The molecule has 1 fully saturated rings. The van der Waals surface area contributed by atoms with Gasteiger partial charge in [-0.1, -0.05) is 18.2 Å². The van der Waals surface area contributed by atoms with E-state index in [1.54, 1.807) is 18.3 Å². The van der Waals surface area contributed by atoms with Crippen molar-refractivity contribution in [3.63, 3.8) is 0 Å². The maximum Gasteiger partial charge on any atom is 0.421 e. The molecule has 1 aliphatic rings. The van der Waals surface area contributed by atoms with Crippen molar-refractivity contribution in [3.8, 4) is 11.1 Å². The van der Waals surface area contributed by atoms with Gasteiger partial charge in [-0.05, 0) is 61.1 Å². The zero-order valence-electron chi connectivity index (χ0n) is 24.0. The van der Waals surface area contributed by atoms with E-state index in [0.29, 0.717) is 41.4 Å². The average molecular weight is 646 g/mol. The number of carbonyl (C=O) groups excluding carboxylic acids is 1. The first-order valence-electron chi connectivity index (χ1n) is 14.0. The number of aliphatic hydroxyl groups excluding tert-OH is 1. The molecule has 0 bridgehead atoms. The lowest BCUT2D eigenvalue weighted by molar-refractivity contribution is -0.137. The van der Waals surface area contributed by atoms with E-state index < -0.39 is 37.2 Å². The number of nitrogens with one attached hydrogen (secondary N) is 3. The Bertz CT molecular complexity index is 1720. The van der Waals surface area contributed by atoms with Crippen molar-refractivity contribution in [1.82, 2.24) is 25.1 Å². The molecule has 2 aromatic heterocycles. The van der Waals surface area contributed by atoms with E-state index in [1.807, 2.05) is 10.9 Å². The summed E-state index contributed by atoms with van der Waals surface area (Å²) < 4.78 is 55.0. The molecular formula is C29H31F3N7O5P. The van der Waals surface area contributed by atoms with Crippen molar-refractivity contribution in [2.75, 3.05) is 17.7 Å². The van der Waals surface area contributed by atoms with Gasteiger partial charge in [-0.2, -0.15) is 23.3 Å². The highest BCUT2D eigenvalue weighted by atomic mass is 31.2. The number of alkyl halides is 3. The second-order valence-electron chi connectivity index (χ2n) is 10.7. The monoisotopic (exact) mass is 645 g/mol. The van der Waals surface area contributed by atoms with E-state index in [2.05, 4.69) is 31.0 Å². The first-order valence-corrected chi connectivity index (χ1v) is 15.8. The van der Waals surface area contributed by atoms with Crippen molar-refractivity contribution in [2.45, 2.75) is 50.2 Å². The predicted octanol–water partition coefficient (Wildman–Crippen LogP) is 5.36. The fourth-order valence-electron chi connectivity index (χ4n) is 5.10. The summed E-state index contributed by atoms with van der Waals surface area (Å²) in [6.45, 7) is 0. The van der Waals surface area contributed by atoms with Gasteiger partial charge >= 0.3 is 13.8 Å². The molecule has 5 rings (SSSR count). The van der Waals surface area contributed by atoms with Gasteiger partial charge in [0.2, 0.25) is 5.95 Å². The molecule has 0 radical (unpaired) electrons. The van der Waals surface area contributed by atoms with Gasteiger partial charge in [-0.25, -0.2) is 4.98 Å². The van der Waals surface area contributed by atoms with Gasteiger partial charge in [0.05, 0.1) is 35.8 Å². The molecule has 0 aliphatic heterocycles. The van der Waals surface area contributed by atoms with E-state index in [0.717, 1.165) is 12.8 Å². The molecule has 2 heterocycles. The zero-order valence-corrected chi connectivity index (χ0v) is 24.9. The summed E-state index contributed by atoms with van der Waals surface area (Å²) in [6, 6.07) is 10.7. The maximum absolute atomic E-state index is 14.0. The lowest BCUT2D eigenvalue weighted by atomic mass is 9.93. The Labute approximate surface area is 255 Å². The van der Waals surface area contributed by atoms with Crippen LogP contribution in [-0.2, 0) is 16.9 Å². The number of aliphatic hydroxyl groups is 1. The number of amides is 1. The molecule has 1 saturated carbocycles. The third-order valence-corrected chi connectivity index (χ3v) is 8.19. The summed E-state index contributed by atoms with van der Waals surface area (Å²) in [5, 5.41) is 22.2. The zero-order chi connectivity index (χ0) is 32.4. The molecule has 0 unspecified atom stereocenters. The van der Waals surface area contributed by atoms with Gasteiger partial charge in [0.15, 0.2) is 0 Å². The summed E-state index contributed by atoms with van der Waals surface area (Å²) in [5.41, 5.74) is 1.08. The Balaban J connectivity index is 1.42. The molecule has 45 heavy (non-hydrogen) atoms. The average Bonchev–Trinajstić information content (AvgIpc) is 3.47. The second-order valence-corrected chi connectivity index (χ2v) is 12.4. The molecule has 4 aromatic rings. The highest BCUT2D eigenvalue weighted by Crippen LogP contribution is 2.40. The number of rotatable bonds is 9. The molecule has 0 saturated heterocycles. The van der Waals surface area contributed by atoms with Crippen LogP contribution in [-0.4, -0.2) is 53.7 Å². The molecule has 6 N–H and O–H groups in total. The van der Waals surface area contributed by atoms with Gasteiger partial charge in [0.25, 0.3) is 5.91 Å². The van der Waals surface area contributed by atoms with Crippen LogP contribution in [0.4, 0.5) is 36.3 Å². The fraction of sp³-hybridized carbons (Fsp3) is 0.310. The highest BCUT2D eigenvalue weighted by molar-refractivity contribution is 7.50. The lowest BCUT2D eigenvalue weighted by Crippen LogP contribution is -2.21. The van der Waals surface area contributed by atoms with E-state index in [4.69, 9.17) is 9.79 Å². The van der Waals surface area contributed by atoms with Crippen LogP contribution in [0.5, 0.6) is 0 Å². The minimum Gasteiger partial charge on any atom is -0.393 e. The number of carbonyl (C=O) groups is 1. The third kappa shape index (κ3) is 8.05. The molecule has 238 valence electrons. The van der Waals surface area contributed by atoms with Crippen LogP contribution >= 0.6 is 7.60 Å². The van der Waals surface area contributed by atoms with Gasteiger partial charge in [0, 0.05) is 30.7 Å². The molecule has 0 spiro atoms. The largest absolute Gasteiger partial charge is 0.421 e. The van der Waals surface area contributed by atoms with Crippen LogP contribution in [0.2, 0.25) is 0 Å². The molecule has 1 amide bonds. The number of benzene rings is 2. The number of nitrogens with zero attached hydrogens (tertiary/aromatic N) is 4. The Morgan fingerprint density at radius 1 is 1.02 bits per heavy atom. The summed E-state index contributed by atoms with van der Waals surface area (Å²) in [7, 11) is -2.86. The standard InChI is InChI=1S/C29H31F3N7O5P/c1-33-27(41)23-12-18(19-13-35-39(15-19)21-7-9-22(40)10-8-21)4-11-25(23)37-26-24(29(30,31)32)14-34-28(38-26)36-20-5-2-17(3-6-20)16-45(42,43)44/h2-6,11-15,21-22,40H,7-10,16H2,1H3,(H,33,41)(H2,42,43,44)(H2,34,36,37,38)/t21-,22-. The van der Waals surface area contributed by atoms with Crippen molar-refractivity contribution < 1.29 is 37.4 Å². The first kappa shape index (κ1) is 32.1. The normalized spacial score (nSPS) is 17.1. The molecule has 1 aliphatic carbocycles. The van der Waals surface area contributed by atoms with Crippen LogP contribution < -0.4 is 16.0 Å². The summed E-state index contributed by atoms with van der Waals surface area (Å²) in [6.07, 6.45) is 1.49. The van der Waals surface area contributed by atoms with Crippen molar-refractivity contribution in [3.05, 3.63) is 77.7 Å². The van der Waals surface area contributed by atoms with Crippen LogP contribution in [0, 0.1) is 0 Å². The quantitative estimate of drug-likeness (QED) is 0.130. The van der Waals surface area contributed by atoms with Crippen molar-refractivity contribution in [2.24, 2.45) is 0 Å². The number of anilines is 4. The van der Waals surface area contributed by atoms with Crippen LogP contribution in [0.25, 0.3) is 11.1 Å². The fourth-order valence-corrected chi connectivity index (χ4v) is 5.78. The van der Waals surface area contributed by atoms with Crippen LogP contribution in [0.3, 0.4) is 0 Å². The topological polar surface area (TPSA) is 175 Å². The third-order valence-electron chi connectivity index (χ3n) is 7.41. The molecule has 0 atom stereocenters. The lowest BCUT2D eigenvalue weighted by Gasteiger charge is -2.25. The maximum atomic E-state index is 14.0. The van der Waals surface area contributed by atoms with E-state index in [1.165, 1.54) is 37.4 Å². The summed E-state index contributed by atoms with van der Waals surface area (Å²) in [4.78, 5) is 39.0. The summed E-state index contributed by atoms with van der Waals surface area (Å²) >= 11 is 0. The molecular weight excluding hydrogens is 614 g/mol. The van der Waals surface area contributed by atoms with Gasteiger partial charge in [-0.3, -0.25) is 14.0 Å². The minimum absolute atomic E-state index is 0.0729. The Hall–Kier alpha value is -4.30. The van der Waals surface area contributed by atoms with Crippen molar-refractivity contribution in [1.29, 1.82) is 0 Å². The summed E-state index contributed by atoms with van der Waals surface area (Å²) in [5.74, 6) is -1.32. The minimum atomic E-state index is -4.82. The SMILES string of the molecule is CNC(=O)c1cc(-c2cnn([C@H]3CC[C@H](O)CC3)c2)ccc1Nc1nc(Nc2ccc(CP(=O)(O)O)cc2)ncc1C(F)(F)F. The van der Waals surface area contributed by atoms with Gasteiger partial charge < -0.3 is 30.8 Å². The molecule has 16 heteroatoms. The highest BCUT2D eigenvalue weighted by Gasteiger charge is 2.36. The smallest absolute Gasteiger partial charge is 0.393 e. The van der Waals surface area contributed by atoms with E-state index in [9.17, 15) is 27.6 Å². The van der Waals surface area contributed by atoms with Gasteiger partial charge in [-0.15, -0.1) is 0 Å². The molecule has 12 nitrogen and oxygen atoms in total. The van der Waals surface area contributed by atoms with Gasteiger partial charge in [0.1, 0.15) is 11.4 Å². The Morgan fingerprint density at radius 3 is 2.38 bits per heavy atom. The number of hydrogen-bond donors (Lipinski definition) is 6. The van der Waals surface area contributed by atoms with Crippen LogP contribution in [0.1, 0.15) is 53.2 Å². The number of halogens is 3. The first-order chi connectivity index (χ1) is 21.3. The molecule has 2 aromatic carbocycles. The van der Waals surface area contributed by atoms with E-state index >= 15 is 0 Å². The Kier molecular flexibility index (Phi) is 9.26. The van der Waals surface area contributed by atoms with Crippen LogP contribution in [0.15, 0.2) is 61.1 Å².